The number of nitrogens with zero attached hydrogens (tertiary/aromatic N) is 5. The van der Waals surface area contributed by atoms with E-state index in [4.69, 9.17) is 0 Å². The van der Waals surface area contributed by atoms with E-state index in [2.05, 4.69) is 42.7 Å². The lowest BCUT2D eigenvalue weighted by Crippen LogP contribution is -2.18. The first-order valence-electron chi connectivity index (χ1n) is 10.0. The highest BCUT2D eigenvalue weighted by Crippen LogP contribution is 2.27. The molecule has 0 aliphatic carbocycles. The number of carbonyl (C=O) groups is 1. The van der Waals surface area contributed by atoms with Gasteiger partial charge >= 0.3 is 0 Å². The van der Waals surface area contributed by atoms with Crippen molar-refractivity contribution in [3.63, 3.8) is 0 Å². The van der Waals surface area contributed by atoms with Gasteiger partial charge in [-0.25, -0.2) is 9.97 Å². The summed E-state index contributed by atoms with van der Waals surface area (Å²) in [4.78, 5) is 25.4. The van der Waals surface area contributed by atoms with Crippen molar-refractivity contribution in [2.24, 2.45) is 0 Å². The van der Waals surface area contributed by atoms with Crippen LogP contribution in [0.1, 0.15) is 34.5 Å². The van der Waals surface area contributed by atoms with Crippen LogP contribution in [0, 0.1) is 6.92 Å². The second-order valence-electron chi connectivity index (χ2n) is 7.34. The van der Waals surface area contributed by atoms with E-state index in [0.717, 1.165) is 39.2 Å². The molecule has 8 nitrogen and oxygen atoms in total. The van der Waals surface area contributed by atoms with Crippen LogP contribution in [0.2, 0.25) is 0 Å². The van der Waals surface area contributed by atoms with Crippen molar-refractivity contribution in [3.05, 3.63) is 71.9 Å². The minimum atomic E-state index is -0.121. The maximum atomic E-state index is 12.2. The van der Waals surface area contributed by atoms with Crippen LogP contribution in [-0.2, 0) is 0 Å². The highest BCUT2D eigenvalue weighted by Gasteiger charge is 2.15. The predicted octanol–water partition coefficient (Wildman–Crippen LogP) is 3.37. The van der Waals surface area contributed by atoms with E-state index in [1.807, 2.05) is 37.3 Å². The molecular weight excluding hydrogens is 390 g/mol. The van der Waals surface area contributed by atoms with Gasteiger partial charge in [-0.05, 0) is 24.6 Å². The summed E-state index contributed by atoms with van der Waals surface area (Å²) in [7, 11) is 1.63. The smallest absolute Gasteiger partial charge is 0.251 e. The Labute approximate surface area is 180 Å². The third kappa shape index (κ3) is 4.32. The molecule has 4 rings (SSSR count). The topological polar surface area (TPSA) is 106 Å². The van der Waals surface area contributed by atoms with Crippen LogP contribution < -0.4 is 10.6 Å². The van der Waals surface area contributed by atoms with Gasteiger partial charge in [0, 0.05) is 42.7 Å². The number of aryl methyl sites for hydroxylation is 1. The van der Waals surface area contributed by atoms with Gasteiger partial charge in [0.05, 0.1) is 28.7 Å². The van der Waals surface area contributed by atoms with E-state index in [0.29, 0.717) is 12.1 Å². The number of hydrogen-bond donors (Lipinski definition) is 2. The van der Waals surface area contributed by atoms with Gasteiger partial charge in [-0.1, -0.05) is 25.1 Å². The number of pyridine rings is 1. The number of fused-ring (bicyclic) bond motifs is 1. The molecule has 156 valence electrons. The van der Waals surface area contributed by atoms with E-state index in [1.165, 1.54) is 6.33 Å². The molecule has 3 aromatic heterocycles. The molecule has 1 atom stereocenters. The van der Waals surface area contributed by atoms with Crippen LogP contribution >= 0.6 is 0 Å². The molecule has 0 saturated heterocycles. The van der Waals surface area contributed by atoms with Gasteiger partial charge in [-0.15, -0.1) is 0 Å². The molecule has 2 N–H and O–H groups in total. The van der Waals surface area contributed by atoms with Crippen molar-refractivity contribution in [2.45, 2.75) is 19.8 Å². The monoisotopic (exact) mass is 413 g/mol. The van der Waals surface area contributed by atoms with E-state index in [1.54, 1.807) is 25.5 Å². The van der Waals surface area contributed by atoms with Crippen LogP contribution in [0.5, 0.6) is 0 Å². The lowest BCUT2D eigenvalue weighted by atomic mass is 9.96. The first-order chi connectivity index (χ1) is 15.1. The minimum absolute atomic E-state index is 0.121. The Balaban J connectivity index is 1.56. The SMILES string of the molecule is CNC(=O)c1ccnc2c([C@H](C)CNc3cc(-c4cnnc(C)c4)ncn3)cccc12. The lowest BCUT2D eigenvalue weighted by molar-refractivity contribution is 0.0964. The second kappa shape index (κ2) is 8.83. The van der Waals surface area contributed by atoms with Crippen LogP contribution in [0.15, 0.2) is 55.1 Å². The van der Waals surface area contributed by atoms with Crippen molar-refractivity contribution < 1.29 is 4.79 Å². The molecule has 3 heterocycles. The van der Waals surface area contributed by atoms with E-state index in [-0.39, 0.29) is 11.8 Å². The minimum Gasteiger partial charge on any atom is -0.369 e. The Morgan fingerprint density at radius 2 is 2.00 bits per heavy atom. The summed E-state index contributed by atoms with van der Waals surface area (Å²) >= 11 is 0. The predicted molar refractivity (Wildman–Crippen MR) is 120 cm³/mol. The quantitative estimate of drug-likeness (QED) is 0.499. The molecule has 8 heteroatoms. The molecule has 0 aliphatic rings. The number of rotatable bonds is 6. The van der Waals surface area contributed by atoms with Crippen molar-refractivity contribution in [1.82, 2.24) is 30.5 Å². The fraction of sp³-hybridized carbons (Fsp3) is 0.217. The maximum absolute atomic E-state index is 12.2. The number of amides is 1. The van der Waals surface area contributed by atoms with E-state index < -0.39 is 0 Å². The summed E-state index contributed by atoms with van der Waals surface area (Å²) in [5.74, 6) is 0.745. The third-order valence-corrected chi connectivity index (χ3v) is 5.13. The number of nitrogens with one attached hydrogen (secondary N) is 2. The summed E-state index contributed by atoms with van der Waals surface area (Å²) in [6.07, 6.45) is 4.90. The molecule has 0 saturated carbocycles. The standard InChI is InChI=1S/C23H23N7O/c1-14(17-5-4-6-18-19(23(31)24-3)7-8-25-22(17)18)11-26-21-10-20(27-13-28-21)16-9-15(2)30-29-12-16/h4-10,12-14H,11H2,1-3H3,(H,24,31)(H,26,27,28)/t14-/m1/s1. The first kappa shape index (κ1) is 20.3. The van der Waals surface area contributed by atoms with Crippen molar-refractivity contribution in [3.8, 4) is 11.3 Å². The van der Waals surface area contributed by atoms with Crippen LogP contribution in [0.25, 0.3) is 22.2 Å². The highest BCUT2D eigenvalue weighted by atomic mass is 16.1. The molecule has 1 aromatic carbocycles. The summed E-state index contributed by atoms with van der Waals surface area (Å²) in [5, 5.41) is 14.9. The average molecular weight is 413 g/mol. The summed E-state index contributed by atoms with van der Waals surface area (Å²) in [6, 6.07) is 11.5. The Hall–Kier alpha value is -3.94. The Morgan fingerprint density at radius 1 is 1.13 bits per heavy atom. The molecule has 1 amide bonds. The van der Waals surface area contributed by atoms with E-state index >= 15 is 0 Å². The summed E-state index contributed by atoms with van der Waals surface area (Å²) in [5.41, 5.74) is 5.03. The Kier molecular flexibility index (Phi) is 5.79. The Morgan fingerprint density at radius 3 is 2.81 bits per heavy atom. The molecule has 0 fully saturated rings. The molecule has 0 aliphatic heterocycles. The van der Waals surface area contributed by atoms with Gasteiger partial charge in [0.1, 0.15) is 12.1 Å². The van der Waals surface area contributed by atoms with Crippen molar-refractivity contribution >= 4 is 22.6 Å². The Bertz CT molecular complexity index is 1240. The number of anilines is 1. The van der Waals surface area contributed by atoms with Crippen LogP contribution in [0.4, 0.5) is 5.82 Å². The number of aromatic nitrogens is 5. The van der Waals surface area contributed by atoms with Gasteiger partial charge in [0.15, 0.2) is 0 Å². The third-order valence-electron chi connectivity index (χ3n) is 5.13. The van der Waals surface area contributed by atoms with Gasteiger partial charge < -0.3 is 10.6 Å². The van der Waals surface area contributed by atoms with Crippen LogP contribution in [0.3, 0.4) is 0 Å². The summed E-state index contributed by atoms with van der Waals surface area (Å²) in [6.45, 7) is 4.66. The second-order valence-corrected chi connectivity index (χ2v) is 7.34. The van der Waals surface area contributed by atoms with Crippen molar-refractivity contribution in [2.75, 3.05) is 18.9 Å². The van der Waals surface area contributed by atoms with Gasteiger partial charge in [-0.3, -0.25) is 9.78 Å². The normalized spacial score (nSPS) is 11.8. The highest BCUT2D eigenvalue weighted by molar-refractivity contribution is 6.06. The number of para-hydroxylation sites is 1. The number of benzene rings is 1. The molecule has 0 unspecified atom stereocenters. The largest absolute Gasteiger partial charge is 0.369 e. The fourth-order valence-electron chi connectivity index (χ4n) is 3.52. The number of hydrogen-bond acceptors (Lipinski definition) is 7. The van der Waals surface area contributed by atoms with Gasteiger partial charge in [0.25, 0.3) is 5.91 Å². The number of carbonyl (C=O) groups excluding carboxylic acids is 1. The zero-order valence-corrected chi connectivity index (χ0v) is 17.6. The molecule has 0 bridgehead atoms. The maximum Gasteiger partial charge on any atom is 0.251 e. The average Bonchev–Trinajstić information content (AvgIpc) is 2.81. The zero-order valence-electron chi connectivity index (χ0n) is 17.6. The van der Waals surface area contributed by atoms with Gasteiger partial charge in [0.2, 0.25) is 0 Å². The zero-order chi connectivity index (χ0) is 21.8. The first-order valence-corrected chi connectivity index (χ1v) is 10.0. The molecule has 4 aromatic rings. The summed E-state index contributed by atoms with van der Waals surface area (Å²) < 4.78 is 0. The fourth-order valence-corrected chi connectivity index (χ4v) is 3.52. The van der Waals surface area contributed by atoms with Gasteiger partial charge in [-0.2, -0.15) is 10.2 Å². The molecule has 0 radical (unpaired) electrons. The van der Waals surface area contributed by atoms with Crippen LogP contribution in [-0.4, -0.2) is 44.6 Å². The molecule has 0 spiro atoms. The lowest BCUT2D eigenvalue weighted by Gasteiger charge is -2.16. The molecule has 31 heavy (non-hydrogen) atoms. The van der Waals surface area contributed by atoms with E-state index in [9.17, 15) is 4.79 Å². The van der Waals surface area contributed by atoms with Crippen molar-refractivity contribution in [1.29, 1.82) is 0 Å². The molecular formula is C23H23N7O.